The molecular weight excluding hydrogens is 337 g/mol. The van der Waals surface area contributed by atoms with Crippen LogP contribution in [0, 0.1) is 12.7 Å². The number of methoxy groups -OCH3 is 2. The summed E-state index contributed by atoms with van der Waals surface area (Å²) in [6, 6.07) is 2.43. The number of ether oxygens (including phenoxy) is 3. The van der Waals surface area contributed by atoms with Crippen molar-refractivity contribution in [2.24, 2.45) is 0 Å². The summed E-state index contributed by atoms with van der Waals surface area (Å²) < 4.78 is 28.7. The zero-order chi connectivity index (χ0) is 18.7. The quantitative estimate of drug-likeness (QED) is 0.806. The first-order valence-electron chi connectivity index (χ1n) is 7.10. The van der Waals surface area contributed by atoms with Crippen molar-refractivity contribution in [2.75, 3.05) is 32.5 Å². The Bertz CT molecular complexity index is 772. The van der Waals surface area contributed by atoms with Crippen LogP contribution in [-0.2, 0) is 23.8 Å². The highest BCUT2D eigenvalue weighted by Gasteiger charge is 2.35. The van der Waals surface area contributed by atoms with Gasteiger partial charge < -0.3 is 24.2 Å². The normalized spacial score (nSPS) is 14.3. The molecule has 9 heteroatoms. The predicted molar refractivity (Wildman–Crippen MR) is 82.5 cm³/mol. The minimum atomic E-state index is -1.53. The Labute approximate surface area is 142 Å². The number of carboxylic acid groups (broad SMARTS) is 1. The zero-order valence-electron chi connectivity index (χ0n) is 13.8. The molecule has 0 saturated carbocycles. The highest BCUT2D eigenvalue weighted by Crippen LogP contribution is 2.32. The number of carbonyl (C=O) groups excluding carboxylic acids is 2. The minimum absolute atomic E-state index is 0.133. The van der Waals surface area contributed by atoms with Crippen LogP contribution in [0.3, 0.4) is 0 Å². The lowest BCUT2D eigenvalue weighted by atomic mass is 10.1. The molecule has 1 aliphatic heterocycles. The van der Waals surface area contributed by atoms with Crippen LogP contribution < -0.4 is 4.90 Å². The van der Waals surface area contributed by atoms with Crippen LogP contribution in [0.5, 0.6) is 0 Å². The fourth-order valence-electron chi connectivity index (χ4n) is 2.48. The summed E-state index contributed by atoms with van der Waals surface area (Å²) >= 11 is 0. The SMILES string of the molecule is COC(=O)C1=C(C(=O)OC)N(c2cc(C)cc(F)c2C(=O)O)COC1. The minimum Gasteiger partial charge on any atom is -0.478 e. The summed E-state index contributed by atoms with van der Waals surface area (Å²) in [6.45, 7) is 1.06. The zero-order valence-corrected chi connectivity index (χ0v) is 13.8. The number of nitrogens with zero attached hydrogens (tertiary/aromatic N) is 1. The first-order chi connectivity index (χ1) is 11.8. The van der Waals surface area contributed by atoms with Crippen LogP contribution in [0.1, 0.15) is 15.9 Å². The molecule has 1 aromatic rings. The largest absolute Gasteiger partial charge is 0.478 e. The van der Waals surface area contributed by atoms with Crippen molar-refractivity contribution < 1.29 is 38.1 Å². The molecule has 0 aliphatic carbocycles. The van der Waals surface area contributed by atoms with Gasteiger partial charge in [-0.2, -0.15) is 0 Å². The number of esters is 2. The van der Waals surface area contributed by atoms with Crippen LogP contribution in [-0.4, -0.2) is 50.6 Å². The van der Waals surface area contributed by atoms with Crippen molar-refractivity contribution in [1.29, 1.82) is 0 Å². The van der Waals surface area contributed by atoms with Crippen molar-refractivity contribution in [3.8, 4) is 0 Å². The van der Waals surface area contributed by atoms with Gasteiger partial charge in [0.1, 0.15) is 23.8 Å². The lowest BCUT2D eigenvalue weighted by Crippen LogP contribution is -2.39. The second kappa shape index (κ2) is 7.31. The summed E-state index contributed by atoms with van der Waals surface area (Å²) in [6.07, 6.45) is 0. The number of carbonyl (C=O) groups is 3. The average molecular weight is 353 g/mol. The number of hydrogen-bond acceptors (Lipinski definition) is 7. The van der Waals surface area contributed by atoms with Gasteiger partial charge in [0.2, 0.25) is 0 Å². The van der Waals surface area contributed by atoms with E-state index in [1.807, 2.05) is 0 Å². The number of hydrogen-bond donors (Lipinski definition) is 1. The maximum Gasteiger partial charge on any atom is 0.355 e. The maximum absolute atomic E-state index is 14.2. The van der Waals surface area contributed by atoms with Gasteiger partial charge in [-0.3, -0.25) is 0 Å². The van der Waals surface area contributed by atoms with Gasteiger partial charge in [0.25, 0.3) is 0 Å². The Balaban J connectivity index is 2.74. The van der Waals surface area contributed by atoms with Crippen LogP contribution in [0.4, 0.5) is 10.1 Å². The van der Waals surface area contributed by atoms with Gasteiger partial charge in [0.15, 0.2) is 0 Å². The van der Waals surface area contributed by atoms with Gasteiger partial charge in [-0.15, -0.1) is 0 Å². The molecule has 1 N–H and O–H groups in total. The van der Waals surface area contributed by atoms with E-state index in [2.05, 4.69) is 9.47 Å². The van der Waals surface area contributed by atoms with E-state index in [4.69, 9.17) is 4.74 Å². The highest BCUT2D eigenvalue weighted by atomic mass is 19.1. The van der Waals surface area contributed by atoms with E-state index in [1.165, 1.54) is 6.07 Å². The third kappa shape index (κ3) is 3.45. The summed E-state index contributed by atoms with van der Waals surface area (Å²) in [7, 11) is 2.23. The Kier molecular flexibility index (Phi) is 5.38. The molecule has 0 saturated heterocycles. The molecular formula is C16H16FNO7. The average Bonchev–Trinajstić information content (AvgIpc) is 2.58. The van der Waals surface area contributed by atoms with Crippen molar-refractivity contribution >= 4 is 23.6 Å². The molecule has 2 rings (SSSR count). The van der Waals surface area contributed by atoms with Crippen molar-refractivity contribution in [3.05, 3.63) is 40.3 Å². The summed E-state index contributed by atoms with van der Waals surface area (Å²) in [5.74, 6) is -4.24. The number of aromatic carboxylic acids is 1. The van der Waals surface area contributed by atoms with Gasteiger partial charge in [0, 0.05) is 0 Å². The number of aryl methyl sites for hydroxylation is 1. The van der Waals surface area contributed by atoms with E-state index in [0.29, 0.717) is 5.56 Å². The molecule has 0 radical (unpaired) electrons. The third-order valence-electron chi connectivity index (χ3n) is 3.55. The number of rotatable bonds is 4. The number of carboxylic acids is 1. The molecule has 0 atom stereocenters. The molecule has 0 spiro atoms. The molecule has 0 amide bonds. The Morgan fingerprint density at radius 3 is 2.40 bits per heavy atom. The molecule has 0 unspecified atom stereocenters. The Morgan fingerprint density at radius 1 is 1.20 bits per heavy atom. The van der Waals surface area contributed by atoms with Gasteiger partial charge in [-0.25, -0.2) is 18.8 Å². The monoisotopic (exact) mass is 353 g/mol. The van der Waals surface area contributed by atoms with E-state index in [-0.39, 0.29) is 30.3 Å². The van der Waals surface area contributed by atoms with Crippen LogP contribution >= 0.6 is 0 Å². The van der Waals surface area contributed by atoms with Gasteiger partial charge in [0.05, 0.1) is 32.1 Å². The second-order valence-corrected chi connectivity index (χ2v) is 5.16. The summed E-state index contributed by atoms with van der Waals surface area (Å²) in [5.41, 5.74) is -0.771. The fraction of sp³-hybridized carbons (Fsp3) is 0.312. The number of benzene rings is 1. The lowest BCUT2D eigenvalue weighted by molar-refractivity contribution is -0.140. The highest BCUT2D eigenvalue weighted by molar-refractivity contribution is 6.05. The van der Waals surface area contributed by atoms with Crippen molar-refractivity contribution in [2.45, 2.75) is 6.92 Å². The Hall–Kier alpha value is -2.94. The first-order valence-corrected chi connectivity index (χ1v) is 7.10. The van der Waals surface area contributed by atoms with Crippen LogP contribution in [0.2, 0.25) is 0 Å². The van der Waals surface area contributed by atoms with Crippen LogP contribution in [0.25, 0.3) is 0 Å². The molecule has 0 fully saturated rings. The van der Waals surface area contributed by atoms with Gasteiger partial charge in [-0.05, 0) is 24.6 Å². The van der Waals surface area contributed by atoms with Gasteiger partial charge in [-0.1, -0.05) is 0 Å². The van der Waals surface area contributed by atoms with E-state index >= 15 is 0 Å². The topological polar surface area (TPSA) is 102 Å². The van der Waals surface area contributed by atoms with Crippen molar-refractivity contribution in [3.63, 3.8) is 0 Å². The third-order valence-corrected chi connectivity index (χ3v) is 3.55. The fourth-order valence-corrected chi connectivity index (χ4v) is 2.48. The second-order valence-electron chi connectivity index (χ2n) is 5.16. The Morgan fingerprint density at radius 2 is 1.84 bits per heavy atom. The van der Waals surface area contributed by atoms with E-state index < -0.39 is 29.3 Å². The van der Waals surface area contributed by atoms with E-state index in [0.717, 1.165) is 25.2 Å². The lowest BCUT2D eigenvalue weighted by Gasteiger charge is -2.32. The smallest absolute Gasteiger partial charge is 0.355 e. The summed E-state index contributed by atoms with van der Waals surface area (Å²) in [4.78, 5) is 36.7. The van der Waals surface area contributed by atoms with Gasteiger partial charge >= 0.3 is 17.9 Å². The molecule has 134 valence electrons. The van der Waals surface area contributed by atoms with E-state index in [9.17, 15) is 23.9 Å². The van der Waals surface area contributed by atoms with Crippen LogP contribution in [0.15, 0.2) is 23.4 Å². The molecule has 1 aromatic carbocycles. The maximum atomic E-state index is 14.2. The molecule has 1 aliphatic rings. The molecule has 0 aromatic heterocycles. The predicted octanol–water partition coefficient (Wildman–Crippen LogP) is 1.23. The standard InChI is InChI=1S/C16H16FNO7/c1-8-4-10(17)12(14(19)20)11(5-8)18-7-25-6-9(15(21)23-2)13(18)16(22)24-3/h4-5H,6-7H2,1-3H3,(H,19,20). The molecule has 1 heterocycles. The van der Waals surface area contributed by atoms with E-state index in [1.54, 1.807) is 6.92 Å². The first kappa shape index (κ1) is 18.4. The molecule has 25 heavy (non-hydrogen) atoms. The number of anilines is 1. The number of halogens is 1. The molecule has 8 nitrogen and oxygen atoms in total. The molecule has 0 bridgehead atoms. The summed E-state index contributed by atoms with van der Waals surface area (Å²) in [5, 5.41) is 9.34. The van der Waals surface area contributed by atoms with Crippen molar-refractivity contribution in [1.82, 2.24) is 0 Å².